The zero-order chi connectivity index (χ0) is 13.5. The predicted molar refractivity (Wildman–Crippen MR) is 84.8 cm³/mol. The Morgan fingerprint density at radius 3 is 2.37 bits per heavy atom. The van der Waals surface area contributed by atoms with Gasteiger partial charge in [0.15, 0.2) is 0 Å². The van der Waals surface area contributed by atoms with E-state index in [1.165, 1.54) is 5.56 Å². The van der Waals surface area contributed by atoms with Crippen LogP contribution in [0.3, 0.4) is 0 Å². The van der Waals surface area contributed by atoms with E-state index in [1.807, 2.05) is 36.4 Å². The molecule has 2 rings (SSSR count). The molecule has 0 aliphatic carbocycles. The molecular formula is C16H15ClOS. The molecule has 0 heterocycles. The van der Waals surface area contributed by atoms with E-state index in [4.69, 9.17) is 16.3 Å². The van der Waals surface area contributed by atoms with Crippen LogP contribution in [0.25, 0.3) is 6.08 Å². The molecule has 0 amide bonds. The van der Waals surface area contributed by atoms with Gasteiger partial charge in [-0.25, -0.2) is 0 Å². The van der Waals surface area contributed by atoms with Crippen LogP contribution in [0.2, 0.25) is 5.02 Å². The lowest BCUT2D eigenvalue weighted by Crippen LogP contribution is -1.83. The van der Waals surface area contributed by atoms with E-state index in [1.54, 1.807) is 18.9 Å². The second kappa shape index (κ2) is 7.27. The zero-order valence-electron chi connectivity index (χ0n) is 10.7. The normalized spacial score (nSPS) is 10.8. The molecule has 0 radical (unpaired) electrons. The van der Waals surface area contributed by atoms with Crippen molar-refractivity contribution >= 4 is 29.4 Å². The number of benzene rings is 2. The Balaban J connectivity index is 1.83. The monoisotopic (exact) mass is 290 g/mol. The summed E-state index contributed by atoms with van der Waals surface area (Å²) < 4.78 is 5.13. The lowest BCUT2D eigenvalue weighted by molar-refractivity contribution is 0.414. The highest BCUT2D eigenvalue weighted by Crippen LogP contribution is 2.18. The summed E-state index contributed by atoms with van der Waals surface area (Å²) in [6.07, 6.45) is 2.09. The molecule has 0 unspecified atom stereocenters. The standard InChI is InChI=1S/C16H15ClOS/c1-18-16-8-4-14(5-9-16)12-19-11-10-13-2-6-15(17)7-3-13/h2-11H,12H2,1H3/b11-10+. The highest BCUT2D eigenvalue weighted by Gasteiger charge is 1.93. The lowest BCUT2D eigenvalue weighted by Gasteiger charge is -2.01. The fourth-order valence-corrected chi connectivity index (χ4v) is 2.43. The Hall–Kier alpha value is -1.38. The first-order chi connectivity index (χ1) is 9.28. The van der Waals surface area contributed by atoms with Gasteiger partial charge in [0.25, 0.3) is 0 Å². The van der Waals surface area contributed by atoms with Crippen molar-refractivity contribution in [2.24, 2.45) is 0 Å². The summed E-state index contributed by atoms with van der Waals surface area (Å²) in [5.41, 5.74) is 2.44. The van der Waals surface area contributed by atoms with Crippen LogP contribution >= 0.6 is 23.4 Å². The summed E-state index contributed by atoms with van der Waals surface area (Å²) >= 11 is 7.60. The number of thioether (sulfide) groups is 1. The van der Waals surface area contributed by atoms with Crippen molar-refractivity contribution in [1.82, 2.24) is 0 Å². The van der Waals surface area contributed by atoms with E-state index >= 15 is 0 Å². The van der Waals surface area contributed by atoms with Crippen molar-refractivity contribution in [1.29, 1.82) is 0 Å². The van der Waals surface area contributed by atoms with Gasteiger partial charge in [0.05, 0.1) is 7.11 Å². The molecule has 0 atom stereocenters. The maximum absolute atomic E-state index is 5.84. The van der Waals surface area contributed by atoms with Gasteiger partial charge in [-0.3, -0.25) is 0 Å². The molecule has 0 saturated carbocycles. The fraction of sp³-hybridized carbons (Fsp3) is 0.125. The van der Waals surface area contributed by atoms with E-state index in [0.29, 0.717) is 0 Å². The van der Waals surface area contributed by atoms with Crippen LogP contribution in [-0.2, 0) is 5.75 Å². The second-order valence-corrected chi connectivity index (χ2v) is 5.34. The molecule has 3 heteroatoms. The smallest absolute Gasteiger partial charge is 0.118 e. The third-order valence-electron chi connectivity index (χ3n) is 2.64. The van der Waals surface area contributed by atoms with Crippen molar-refractivity contribution in [3.63, 3.8) is 0 Å². The van der Waals surface area contributed by atoms with Crippen LogP contribution in [0.1, 0.15) is 11.1 Å². The van der Waals surface area contributed by atoms with E-state index in [9.17, 15) is 0 Å². The number of rotatable bonds is 5. The fourth-order valence-electron chi connectivity index (χ4n) is 1.57. The van der Waals surface area contributed by atoms with Gasteiger partial charge in [-0.2, -0.15) is 0 Å². The summed E-state index contributed by atoms with van der Waals surface area (Å²) in [7, 11) is 1.68. The average molecular weight is 291 g/mol. The van der Waals surface area contributed by atoms with Gasteiger partial charge < -0.3 is 4.74 Å². The van der Waals surface area contributed by atoms with Crippen molar-refractivity contribution in [3.8, 4) is 5.75 Å². The number of ether oxygens (including phenoxy) is 1. The molecule has 0 bridgehead atoms. The van der Waals surface area contributed by atoms with Crippen LogP contribution in [0, 0.1) is 0 Å². The molecule has 0 spiro atoms. The summed E-state index contributed by atoms with van der Waals surface area (Å²) in [5, 5.41) is 2.87. The highest BCUT2D eigenvalue weighted by molar-refractivity contribution is 8.01. The van der Waals surface area contributed by atoms with Gasteiger partial charge in [0.2, 0.25) is 0 Å². The van der Waals surface area contributed by atoms with Gasteiger partial charge in [0.1, 0.15) is 5.75 Å². The summed E-state index contributed by atoms with van der Waals surface area (Å²) in [6.45, 7) is 0. The summed E-state index contributed by atoms with van der Waals surface area (Å²) in [6, 6.07) is 16.0. The summed E-state index contributed by atoms with van der Waals surface area (Å²) in [4.78, 5) is 0. The van der Waals surface area contributed by atoms with E-state index in [0.717, 1.165) is 22.1 Å². The van der Waals surface area contributed by atoms with Crippen LogP contribution in [0.15, 0.2) is 53.9 Å². The van der Waals surface area contributed by atoms with Gasteiger partial charge in [0, 0.05) is 10.8 Å². The molecule has 19 heavy (non-hydrogen) atoms. The quantitative estimate of drug-likeness (QED) is 0.743. The minimum absolute atomic E-state index is 0.767. The van der Waals surface area contributed by atoms with Gasteiger partial charge in [-0.05, 0) is 46.9 Å². The van der Waals surface area contributed by atoms with Crippen LogP contribution < -0.4 is 4.74 Å². The molecule has 0 aliphatic heterocycles. The first-order valence-electron chi connectivity index (χ1n) is 5.94. The number of halogens is 1. The molecule has 0 aromatic heterocycles. The number of hydrogen-bond acceptors (Lipinski definition) is 2. The zero-order valence-corrected chi connectivity index (χ0v) is 12.2. The lowest BCUT2D eigenvalue weighted by atomic mass is 10.2. The molecule has 98 valence electrons. The molecule has 0 saturated heterocycles. The number of hydrogen-bond donors (Lipinski definition) is 0. The Bertz CT molecular complexity index is 532. The SMILES string of the molecule is COc1ccc(CS/C=C/c2ccc(Cl)cc2)cc1. The largest absolute Gasteiger partial charge is 0.497 e. The second-order valence-electron chi connectivity index (χ2n) is 4.01. The van der Waals surface area contributed by atoms with Crippen LogP contribution in [0.5, 0.6) is 5.75 Å². The topological polar surface area (TPSA) is 9.23 Å². The molecule has 1 nitrogen and oxygen atoms in total. The minimum atomic E-state index is 0.767. The summed E-state index contributed by atoms with van der Waals surface area (Å²) in [5.74, 6) is 1.85. The van der Waals surface area contributed by atoms with Gasteiger partial charge >= 0.3 is 0 Å². The maximum Gasteiger partial charge on any atom is 0.118 e. The Labute approximate surface area is 123 Å². The molecule has 2 aromatic carbocycles. The van der Waals surface area contributed by atoms with Crippen molar-refractivity contribution < 1.29 is 4.74 Å². The molecule has 0 fully saturated rings. The van der Waals surface area contributed by atoms with Crippen LogP contribution in [-0.4, -0.2) is 7.11 Å². The van der Waals surface area contributed by atoms with Gasteiger partial charge in [-0.15, -0.1) is 11.8 Å². The third-order valence-corrected chi connectivity index (χ3v) is 3.72. The first-order valence-corrected chi connectivity index (χ1v) is 7.37. The Morgan fingerprint density at radius 2 is 1.74 bits per heavy atom. The Kier molecular flexibility index (Phi) is 5.37. The van der Waals surface area contributed by atoms with E-state index in [2.05, 4.69) is 23.6 Å². The molecule has 0 aliphatic rings. The maximum atomic E-state index is 5.84. The third kappa shape index (κ3) is 4.66. The van der Waals surface area contributed by atoms with Gasteiger partial charge in [-0.1, -0.05) is 35.9 Å². The van der Waals surface area contributed by atoms with E-state index in [-0.39, 0.29) is 0 Å². The van der Waals surface area contributed by atoms with E-state index < -0.39 is 0 Å². The number of methoxy groups -OCH3 is 1. The molecule has 0 N–H and O–H groups in total. The van der Waals surface area contributed by atoms with Crippen molar-refractivity contribution in [3.05, 3.63) is 70.1 Å². The highest BCUT2D eigenvalue weighted by atomic mass is 35.5. The molecule has 2 aromatic rings. The average Bonchev–Trinajstić information content (AvgIpc) is 2.46. The first kappa shape index (κ1) is 14.0. The van der Waals surface area contributed by atoms with Crippen molar-refractivity contribution in [2.75, 3.05) is 7.11 Å². The Morgan fingerprint density at radius 1 is 1.05 bits per heavy atom. The molecular weight excluding hydrogens is 276 g/mol. The van der Waals surface area contributed by atoms with Crippen LogP contribution in [0.4, 0.5) is 0 Å². The minimum Gasteiger partial charge on any atom is -0.497 e. The predicted octanol–water partition coefficient (Wildman–Crippen LogP) is 5.25. The van der Waals surface area contributed by atoms with Crippen molar-refractivity contribution in [2.45, 2.75) is 5.75 Å².